The number of hydrogen-bond donors (Lipinski definition) is 2. The molecule has 1 heterocycles. The first-order valence-corrected chi connectivity index (χ1v) is 6.86. The molecule has 0 radical (unpaired) electrons. The Morgan fingerprint density at radius 3 is 2.94 bits per heavy atom. The number of piperidine rings is 1. The summed E-state index contributed by atoms with van der Waals surface area (Å²) >= 11 is 0. The van der Waals surface area contributed by atoms with Crippen molar-refractivity contribution >= 4 is 5.96 Å². The lowest BCUT2D eigenvalue weighted by Gasteiger charge is -2.30. The van der Waals surface area contributed by atoms with Crippen LogP contribution >= 0.6 is 0 Å². The molecule has 0 aromatic heterocycles. The second kappa shape index (κ2) is 7.54. The lowest BCUT2D eigenvalue weighted by atomic mass is 10.0. The Morgan fingerprint density at radius 1 is 1.53 bits per heavy atom. The highest BCUT2D eigenvalue weighted by molar-refractivity contribution is 5.77. The van der Waals surface area contributed by atoms with Crippen LogP contribution in [-0.2, 0) is 0 Å². The Hall–Kier alpha value is -0.770. The third-order valence-corrected chi connectivity index (χ3v) is 3.09. The van der Waals surface area contributed by atoms with Crippen molar-refractivity contribution in [3.63, 3.8) is 0 Å². The van der Waals surface area contributed by atoms with E-state index in [1.807, 2.05) is 0 Å². The van der Waals surface area contributed by atoms with E-state index in [9.17, 15) is 0 Å². The third-order valence-electron chi connectivity index (χ3n) is 3.09. The number of nitrogens with zero attached hydrogens (tertiary/aromatic N) is 2. The van der Waals surface area contributed by atoms with Crippen LogP contribution in [0.5, 0.6) is 0 Å². The molecule has 4 nitrogen and oxygen atoms in total. The maximum atomic E-state index is 5.74. The van der Waals surface area contributed by atoms with E-state index < -0.39 is 0 Å². The summed E-state index contributed by atoms with van der Waals surface area (Å²) in [7, 11) is 0. The van der Waals surface area contributed by atoms with E-state index in [0.717, 1.165) is 25.4 Å². The van der Waals surface area contributed by atoms with E-state index in [2.05, 4.69) is 36.0 Å². The normalized spacial score (nSPS) is 23.1. The minimum absolute atomic E-state index is 0.363. The van der Waals surface area contributed by atoms with Crippen molar-refractivity contribution in [1.29, 1.82) is 0 Å². The van der Waals surface area contributed by atoms with Crippen LogP contribution in [0.4, 0.5) is 0 Å². The summed E-state index contributed by atoms with van der Waals surface area (Å²) in [5.41, 5.74) is 5.74. The van der Waals surface area contributed by atoms with Crippen molar-refractivity contribution in [2.24, 2.45) is 16.6 Å². The van der Waals surface area contributed by atoms with Crippen LogP contribution in [-0.4, -0.2) is 43.1 Å². The Kier molecular flexibility index (Phi) is 6.34. The van der Waals surface area contributed by atoms with Gasteiger partial charge >= 0.3 is 0 Å². The van der Waals surface area contributed by atoms with Gasteiger partial charge in [0.15, 0.2) is 5.96 Å². The third kappa shape index (κ3) is 6.51. The van der Waals surface area contributed by atoms with Crippen LogP contribution in [0.2, 0.25) is 0 Å². The first kappa shape index (κ1) is 14.3. The molecule has 17 heavy (non-hydrogen) atoms. The summed E-state index contributed by atoms with van der Waals surface area (Å²) in [6.45, 7) is 11.0. The predicted octanol–water partition coefficient (Wildman–Crippen LogP) is 1.42. The highest BCUT2D eigenvalue weighted by Gasteiger charge is 2.15. The average molecular weight is 240 g/mol. The van der Waals surface area contributed by atoms with Gasteiger partial charge in [-0.05, 0) is 52.1 Å². The van der Waals surface area contributed by atoms with Gasteiger partial charge in [0.2, 0.25) is 0 Å². The molecule has 0 spiro atoms. The van der Waals surface area contributed by atoms with Crippen molar-refractivity contribution in [2.45, 2.75) is 46.1 Å². The molecule has 0 aliphatic carbocycles. The minimum Gasteiger partial charge on any atom is -0.370 e. The average Bonchev–Trinajstić information content (AvgIpc) is 2.23. The van der Waals surface area contributed by atoms with Crippen molar-refractivity contribution in [3.05, 3.63) is 0 Å². The van der Waals surface area contributed by atoms with E-state index in [4.69, 9.17) is 5.73 Å². The van der Waals surface area contributed by atoms with Gasteiger partial charge in [0.25, 0.3) is 0 Å². The van der Waals surface area contributed by atoms with Gasteiger partial charge < -0.3 is 16.0 Å². The number of guanidine groups is 1. The molecular weight excluding hydrogens is 212 g/mol. The number of hydrogen-bond acceptors (Lipinski definition) is 2. The van der Waals surface area contributed by atoms with Crippen LogP contribution in [0.15, 0.2) is 4.99 Å². The number of rotatable bonds is 5. The fourth-order valence-corrected chi connectivity index (χ4v) is 2.33. The van der Waals surface area contributed by atoms with E-state index in [0.29, 0.717) is 12.0 Å². The molecule has 1 atom stereocenters. The summed E-state index contributed by atoms with van der Waals surface area (Å²) in [6.07, 6.45) is 3.84. The van der Waals surface area contributed by atoms with Gasteiger partial charge in [0.05, 0.1) is 0 Å². The molecule has 1 aliphatic rings. The first-order chi connectivity index (χ1) is 8.08. The number of nitrogens with two attached hydrogens (primary N) is 1. The zero-order valence-electron chi connectivity index (χ0n) is 11.6. The molecule has 3 N–H and O–H groups in total. The first-order valence-electron chi connectivity index (χ1n) is 6.86. The van der Waals surface area contributed by atoms with Gasteiger partial charge in [-0.1, -0.05) is 6.92 Å². The minimum atomic E-state index is 0.363. The van der Waals surface area contributed by atoms with Crippen LogP contribution < -0.4 is 11.1 Å². The fourth-order valence-electron chi connectivity index (χ4n) is 2.33. The number of aliphatic imine (C=N–C) groups is 1. The Balaban J connectivity index is 2.10. The quantitative estimate of drug-likeness (QED) is 0.434. The van der Waals surface area contributed by atoms with Crippen molar-refractivity contribution in [1.82, 2.24) is 10.2 Å². The van der Waals surface area contributed by atoms with E-state index in [1.54, 1.807) is 0 Å². The lowest BCUT2D eigenvalue weighted by Crippen LogP contribution is -2.37. The zero-order valence-corrected chi connectivity index (χ0v) is 11.6. The number of nitrogens with one attached hydrogen (secondary N) is 1. The van der Waals surface area contributed by atoms with Gasteiger partial charge in [0, 0.05) is 19.1 Å². The van der Waals surface area contributed by atoms with Crippen molar-refractivity contribution in [2.75, 3.05) is 26.2 Å². The van der Waals surface area contributed by atoms with E-state index in [1.165, 1.54) is 25.9 Å². The maximum Gasteiger partial charge on any atom is 0.188 e. The highest BCUT2D eigenvalue weighted by Crippen LogP contribution is 2.15. The summed E-state index contributed by atoms with van der Waals surface area (Å²) in [5, 5.41) is 3.10. The lowest BCUT2D eigenvalue weighted by molar-refractivity contribution is 0.183. The molecule has 1 unspecified atom stereocenters. The maximum absolute atomic E-state index is 5.74. The Labute approximate surface area is 106 Å². The molecule has 0 aromatic rings. The van der Waals surface area contributed by atoms with Crippen LogP contribution in [0.1, 0.15) is 40.0 Å². The molecular formula is C13H28N4. The van der Waals surface area contributed by atoms with Gasteiger partial charge in [-0.3, -0.25) is 4.99 Å². The second-order valence-electron chi connectivity index (χ2n) is 5.47. The Bertz CT molecular complexity index is 238. The molecule has 4 heteroatoms. The smallest absolute Gasteiger partial charge is 0.188 e. The molecule has 0 aromatic carbocycles. The van der Waals surface area contributed by atoms with E-state index in [-0.39, 0.29) is 0 Å². The van der Waals surface area contributed by atoms with Gasteiger partial charge in [-0.15, -0.1) is 0 Å². The highest BCUT2D eigenvalue weighted by atomic mass is 15.1. The number of likely N-dealkylation sites (tertiary alicyclic amines) is 1. The topological polar surface area (TPSA) is 53.6 Å². The largest absolute Gasteiger partial charge is 0.370 e. The SMILES string of the molecule is CC1CCCN(CCCN=C(N)NC(C)C)C1. The second-order valence-corrected chi connectivity index (χ2v) is 5.47. The standard InChI is InChI=1S/C13H28N4/c1-11(2)16-13(14)15-7-5-9-17-8-4-6-12(3)10-17/h11-12H,4-10H2,1-3H3,(H3,14,15,16). The van der Waals surface area contributed by atoms with Gasteiger partial charge in [-0.2, -0.15) is 0 Å². The van der Waals surface area contributed by atoms with Crippen LogP contribution in [0, 0.1) is 5.92 Å². The van der Waals surface area contributed by atoms with Crippen LogP contribution in [0.25, 0.3) is 0 Å². The summed E-state index contributed by atoms with van der Waals surface area (Å²) in [6, 6.07) is 0.363. The molecule has 1 aliphatic heterocycles. The fraction of sp³-hybridized carbons (Fsp3) is 0.923. The molecule has 0 amide bonds. The molecule has 1 saturated heterocycles. The molecule has 0 bridgehead atoms. The van der Waals surface area contributed by atoms with Crippen molar-refractivity contribution < 1.29 is 0 Å². The summed E-state index contributed by atoms with van der Waals surface area (Å²) < 4.78 is 0. The van der Waals surface area contributed by atoms with Crippen LogP contribution in [0.3, 0.4) is 0 Å². The molecule has 1 rings (SSSR count). The zero-order chi connectivity index (χ0) is 12.7. The Morgan fingerprint density at radius 2 is 2.29 bits per heavy atom. The monoisotopic (exact) mass is 240 g/mol. The summed E-state index contributed by atoms with van der Waals surface area (Å²) in [5.74, 6) is 1.44. The van der Waals surface area contributed by atoms with Gasteiger partial charge in [-0.25, -0.2) is 0 Å². The summed E-state index contributed by atoms with van der Waals surface area (Å²) in [4.78, 5) is 6.88. The predicted molar refractivity (Wildman–Crippen MR) is 74.2 cm³/mol. The van der Waals surface area contributed by atoms with E-state index >= 15 is 0 Å². The molecule has 0 saturated carbocycles. The molecule has 100 valence electrons. The molecule has 1 fully saturated rings. The van der Waals surface area contributed by atoms with Crippen molar-refractivity contribution in [3.8, 4) is 0 Å². The van der Waals surface area contributed by atoms with Gasteiger partial charge in [0.1, 0.15) is 0 Å².